The molecule has 1 aliphatic rings. The lowest BCUT2D eigenvalue weighted by Crippen LogP contribution is -2.43. The van der Waals surface area contributed by atoms with Crippen molar-refractivity contribution in [1.29, 1.82) is 0 Å². The molecule has 0 spiro atoms. The van der Waals surface area contributed by atoms with E-state index >= 15 is 0 Å². The molecule has 3 nitrogen and oxygen atoms in total. The van der Waals surface area contributed by atoms with E-state index in [1.807, 2.05) is 6.07 Å². The van der Waals surface area contributed by atoms with Gasteiger partial charge in [-0.05, 0) is 65.6 Å². The van der Waals surface area contributed by atoms with Crippen LogP contribution in [0.5, 0.6) is 0 Å². The molecule has 2 rings (SSSR count). The Labute approximate surface area is 191 Å². The fourth-order valence-electron chi connectivity index (χ4n) is 4.18. The minimum absolute atomic E-state index is 0.247. The number of hydrogen-bond donors (Lipinski definition) is 0. The molecule has 1 aliphatic carbocycles. The molecule has 0 saturated heterocycles. The molecule has 0 N–H and O–H groups in total. The van der Waals surface area contributed by atoms with Crippen molar-refractivity contribution in [1.82, 2.24) is 9.80 Å². The van der Waals surface area contributed by atoms with Crippen molar-refractivity contribution in [3.63, 3.8) is 0 Å². The Kier molecular flexibility index (Phi) is 11.1. The van der Waals surface area contributed by atoms with Gasteiger partial charge >= 0.3 is 0 Å². The van der Waals surface area contributed by atoms with Gasteiger partial charge in [0.25, 0.3) is 0 Å². The number of benzene rings is 1. The molecule has 1 unspecified atom stereocenters. The fraction of sp³-hybridized carbons (Fsp3) is 0.571. The third kappa shape index (κ3) is 9.45. The Morgan fingerprint density at radius 2 is 1.77 bits per heavy atom. The van der Waals surface area contributed by atoms with E-state index in [2.05, 4.69) is 87.5 Å². The molecule has 3 heteroatoms. The monoisotopic (exact) mass is 424 g/mol. The Balaban J connectivity index is 1.95. The average Bonchev–Trinajstić information content (AvgIpc) is 2.76. The molecule has 1 aromatic rings. The van der Waals surface area contributed by atoms with E-state index in [4.69, 9.17) is 4.74 Å². The van der Waals surface area contributed by atoms with Gasteiger partial charge in [0.05, 0.1) is 19.4 Å². The first-order valence-corrected chi connectivity index (χ1v) is 12.0. The van der Waals surface area contributed by atoms with Crippen molar-refractivity contribution in [2.75, 3.05) is 20.3 Å². The van der Waals surface area contributed by atoms with Crippen LogP contribution in [0.4, 0.5) is 0 Å². The van der Waals surface area contributed by atoms with Crippen LogP contribution in [0.25, 0.3) is 0 Å². The van der Waals surface area contributed by atoms with Crippen LogP contribution in [0, 0.1) is 0 Å². The summed E-state index contributed by atoms with van der Waals surface area (Å²) in [5.74, 6) is 0. The van der Waals surface area contributed by atoms with E-state index < -0.39 is 0 Å². The molecule has 172 valence electrons. The van der Waals surface area contributed by atoms with Gasteiger partial charge in [0.1, 0.15) is 0 Å². The first-order chi connectivity index (χ1) is 14.9. The van der Waals surface area contributed by atoms with Gasteiger partial charge in [0.15, 0.2) is 0 Å². The zero-order valence-corrected chi connectivity index (χ0v) is 20.6. The first kappa shape index (κ1) is 25.4. The third-order valence-corrected chi connectivity index (χ3v) is 6.05. The maximum Gasteiger partial charge on any atom is 0.0720 e. The second-order valence-corrected chi connectivity index (χ2v) is 9.44. The maximum atomic E-state index is 6.08. The summed E-state index contributed by atoms with van der Waals surface area (Å²) in [6.07, 6.45) is 12.4. The van der Waals surface area contributed by atoms with Crippen LogP contribution in [0.15, 0.2) is 65.9 Å². The summed E-state index contributed by atoms with van der Waals surface area (Å²) < 4.78 is 6.08. The maximum absolute atomic E-state index is 6.08. The average molecular weight is 425 g/mol. The topological polar surface area (TPSA) is 15.7 Å². The molecule has 0 amide bonds. The van der Waals surface area contributed by atoms with Crippen LogP contribution in [-0.2, 0) is 11.3 Å². The van der Waals surface area contributed by atoms with Crippen molar-refractivity contribution in [3.05, 3.63) is 71.5 Å². The number of allylic oxidation sites excluding steroid dienone is 4. The molecule has 1 aromatic carbocycles. The van der Waals surface area contributed by atoms with Crippen molar-refractivity contribution >= 4 is 0 Å². The van der Waals surface area contributed by atoms with Crippen LogP contribution in [-0.4, -0.2) is 42.2 Å². The standard InChI is InChI=1S/C28H44N2O/c1-23(2)17-18-28(24(3)4)30(27-15-11-8-12-16-27)22-29(6)20-19-25(5)31-21-26-13-9-7-10-14-26/h7,9-10,13-14,17-18,25,27H,1,8,11-12,15-16,19-22H2,2-6H3/b18-17-. The van der Waals surface area contributed by atoms with E-state index in [9.17, 15) is 0 Å². The second-order valence-electron chi connectivity index (χ2n) is 9.44. The second kappa shape index (κ2) is 13.5. The van der Waals surface area contributed by atoms with Gasteiger partial charge in [-0.15, -0.1) is 0 Å². The van der Waals surface area contributed by atoms with Crippen LogP contribution in [0.3, 0.4) is 0 Å². The Morgan fingerprint density at radius 1 is 1.10 bits per heavy atom. The minimum atomic E-state index is 0.247. The van der Waals surface area contributed by atoms with Gasteiger partial charge in [-0.2, -0.15) is 0 Å². The minimum Gasteiger partial charge on any atom is -0.374 e. The smallest absolute Gasteiger partial charge is 0.0720 e. The Bertz CT molecular complexity index is 712. The van der Waals surface area contributed by atoms with Crippen molar-refractivity contribution in [2.24, 2.45) is 0 Å². The molecule has 0 bridgehead atoms. The van der Waals surface area contributed by atoms with E-state index in [0.29, 0.717) is 12.6 Å². The van der Waals surface area contributed by atoms with Gasteiger partial charge in [-0.3, -0.25) is 4.90 Å². The number of nitrogens with zero attached hydrogens (tertiary/aromatic N) is 2. The highest BCUT2D eigenvalue weighted by Gasteiger charge is 2.24. The van der Waals surface area contributed by atoms with Gasteiger partial charge in [0, 0.05) is 18.3 Å². The molecule has 0 aromatic heterocycles. The highest BCUT2D eigenvalue weighted by molar-refractivity contribution is 5.28. The van der Waals surface area contributed by atoms with E-state index in [1.165, 1.54) is 48.9 Å². The highest BCUT2D eigenvalue weighted by Crippen LogP contribution is 2.27. The third-order valence-electron chi connectivity index (χ3n) is 6.05. The quantitative estimate of drug-likeness (QED) is 0.267. The predicted octanol–water partition coefficient (Wildman–Crippen LogP) is 6.93. The zero-order valence-electron chi connectivity index (χ0n) is 20.6. The highest BCUT2D eigenvalue weighted by atomic mass is 16.5. The molecule has 1 atom stereocenters. The summed E-state index contributed by atoms with van der Waals surface area (Å²) in [7, 11) is 2.24. The summed E-state index contributed by atoms with van der Waals surface area (Å²) in [5, 5.41) is 0. The fourth-order valence-corrected chi connectivity index (χ4v) is 4.18. The zero-order chi connectivity index (χ0) is 22.6. The molecule has 31 heavy (non-hydrogen) atoms. The van der Waals surface area contributed by atoms with Gasteiger partial charge in [-0.1, -0.05) is 73.4 Å². The van der Waals surface area contributed by atoms with E-state index in [-0.39, 0.29) is 6.10 Å². The summed E-state index contributed by atoms with van der Waals surface area (Å²) in [5.41, 5.74) is 5.06. The molecular formula is C28H44N2O. The Hall–Kier alpha value is -1.84. The number of rotatable bonds is 12. The number of hydrogen-bond acceptors (Lipinski definition) is 3. The lowest BCUT2D eigenvalue weighted by atomic mass is 9.93. The van der Waals surface area contributed by atoms with Crippen LogP contribution in [0.1, 0.15) is 71.8 Å². The molecule has 0 aliphatic heterocycles. The van der Waals surface area contributed by atoms with Crippen molar-refractivity contribution in [3.8, 4) is 0 Å². The molecular weight excluding hydrogens is 380 g/mol. The largest absolute Gasteiger partial charge is 0.374 e. The summed E-state index contributed by atoms with van der Waals surface area (Å²) in [6, 6.07) is 11.1. The summed E-state index contributed by atoms with van der Waals surface area (Å²) in [4.78, 5) is 5.10. The van der Waals surface area contributed by atoms with Crippen LogP contribution < -0.4 is 0 Å². The molecule has 0 heterocycles. The summed E-state index contributed by atoms with van der Waals surface area (Å²) >= 11 is 0. The number of ether oxygens (including phenoxy) is 1. The lowest BCUT2D eigenvalue weighted by molar-refractivity contribution is 0.0363. The van der Waals surface area contributed by atoms with E-state index in [1.54, 1.807) is 0 Å². The van der Waals surface area contributed by atoms with Crippen molar-refractivity contribution < 1.29 is 4.74 Å². The van der Waals surface area contributed by atoms with Crippen molar-refractivity contribution in [2.45, 2.75) is 85.0 Å². The lowest BCUT2D eigenvalue weighted by Gasteiger charge is -2.40. The SMILES string of the molecule is C=C(C)/C=C\C(=C(C)C)N(CN(C)CCC(C)OCc1ccccc1)C1CCCCC1. The van der Waals surface area contributed by atoms with Crippen LogP contribution >= 0.6 is 0 Å². The Morgan fingerprint density at radius 3 is 2.39 bits per heavy atom. The molecule has 1 saturated carbocycles. The van der Waals surface area contributed by atoms with Gasteiger partial charge in [0.2, 0.25) is 0 Å². The predicted molar refractivity (Wildman–Crippen MR) is 134 cm³/mol. The van der Waals surface area contributed by atoms with Gasteiger partial charge < -0.3 is 9.64 Å². The summed E-state index contributed by atoms with van der Waals surface area (Å²) in [6.45, 7) is 15.4. The first-order valence-electron chi connectivity index (χ1n) is 12.0. The van der Waals surface area contributed by atoms with Crippen LogP contribution in [0.2, 0.25) is 0 Å². The molecule has 1 fully saturated rings. The van der Waals surface area contributed by atoms with Gasteiger partial charge in [-0.25, -0.2) is 0 Å². The molecule has 0 radical (unpaired) electrons. The normalized spacial score (nSPS) is 15.9. The van der Waals surface area contributed by atoms with E-state index in [0.717, 1.165) is 25.2 Å².